The maximum atomic E-state index is 2.62. The molecule has 25 heavy (non-hydrogen) atoms. The Labute approximate surface area is 158 Å². The van der Waals surface area contributed by atoms with E-state index in [2.05, 4.69) is 56.0 Å². The van der Waals surface area contributed by atoms with E-state index >= 15 is 0 Å². The molecule has 0 amide bonds. The van der Waals surface area contributed by atoms with Crippen LogP contribution in [0, 0.1) is 0 Å². The predicted octanol–water partition coefficient (Wildman–Crippen LogP) is 7.60. The summed E-state index contributed by atoms with van der Waals surface area (Å²) < 4.78 is 0. The molecule has 0 aromatic heterocycles. The summed E-state index contributed by atoms with van der Waals surface area (Å²) in [7, 11) is 0. The molecule has 0 bridgehead atoms. The maximum absolute atomic E-state index is 2.62. The quantitative estimate of drug-likeness (QED) is 0.279. The minimum absolute atomic E-state index is 0.632. The lowest BCUT2D eigenvalue weighted by atomic mass is 10.1. The van der Waals surface area contributed by atoms with Gasteiger partial charge in [-0.15, -0.1) is 0 Å². The third-order valence-electron chi connectivity index (χ3n) is 5.26. The van der Waals surface area contributed by atoms with Gasteiger partial charge in [0.25, 0.3) is 0 Å². The zero-order valence-corrected chi connectivity index (χ0v) is 17.3. The fourth-order valence-electron chi connectivity index (χ4n) is 3.49. The first-order valence-corrected chi connectivity index (χ1v) is 11.0. The van der Waals surface area contributed by atoms with Crippen LogP contribution in [0.3, 0.4) is 0 Å². The number of benzene rings is 1. The molecule has 0 aliphatic heterocycles. The van der Waals surface area contributed by atoms with E-state index in [0.717, 1.165) is 6.54 Å². The molecule has 0 spiro atoms. The third kappa shape index (κ3) is 12.2. The maximum Gasteiger partial charge on any atom is 0.0236 e. The van der Waals surface area contributed by atoms with Crippen molar-refractivity contribution in [2.24, 2.45) is 0 Å². The van der Waals surface area contributed by atoms with Crippen molar-refractivity contribution in [2.75, 3.05) is 6.54 Å². The van der Waals surface area contributed by atoms with Crippen LogP contribution in [-0.4, -0.2) is 17.5 Å². The highest BCUT2D eigenvalue weighted by Crippen LogP contribution is 2.13. The van der Waals surface area contributed by atoms with Gasteiger partial charge in [-0.2, -0.15) is 0 Å². The molecule has 0 radical (unpaired) electrons. The van der Waals surface area contributed by atoms with Gasteiger partial charge in [-0.1, -0.05) is 108 Å². The minimum atomic E-state index is 0.632. The molecule has 1 aromatic rings. The van der Waals surface area contributed by atoms with E-state index in [1.807, 2.05) is 0 Å². The second-order valence-electron chi connectivity index (χ2n) is 7.94. The summed E-state index contributed by atoms with van der Waals surface area (Å²) in [5.41, 5.74) is 1.44. The second-order valence-corrected chi connectivity index (χ2v) is 7.94. The van der Waals surface area contributed by atoms with E-state index < -0.39 is 0 Å². The van der Waals surface area contributed by atoms with Crippen LogP contribution in [-0.2, 0) is 6.54 Å². The van der Waals surface area contributed by atoms with Crippen LogP contribution in [0.4, 0.5) is 0 Å². The van der Waals surface area contributed by atoms with Crippen molar-refractivity contribution in [1.29, 1.82) is 0 Å². The molecular weight excluding hydrogens is 302 g/mol. The zero-order valence-electron chi connectivity index (χ0n) is 17.3. The van der Waals surface area contributed by atoms with Gasteiger partial charge in [0, 0.05) is 12.6 Å². The predicted molar refractivity (Wildman–Crippen MR) is 113 cm³/mol. The largest absolute Gasteiger partial charge is 0.297 e. The number of nitrogens with zero attached hydrogens (tertiary/aromatic N) is 1. The molecule has 0 atom stereocenters. The highest BCUT2D eigenvalue weighted by atomic mass is 15.1. The lowest BCUT2D eigenvalue weighted by Gasteiger charge is -2.26. The van der Waals surface area contributed by atoms with Crippen molar-refractivity contribution < 1.29 is 0 Å². The molecule has 0 fully saturated rings. The summed E-state index contributed by atoms with van der Waals surface area (Å²) in [6.45, 7) is 9.27. The SMILES string of the molecule is CCCCCCCCCCCCCCN(Cc1ccccc1)C(C)C. The van der Waals surface area contributed by atoms with Crippen LogP contribution in [0.2, 0.25) is 0 Å². The van der Waals surface area contributed by atoms with Gasteiger partial charge in [0.1, 0.15) is 0 Å². The van der Waals surface area contributed by atoms with Gasteiger partial charge < -0.3 is 0 Å². The Morgan fingerprint density at radius 1 is 0.680 bits per heavy atom. The van der Waals surface area contributed by atoms with E-state index in [1.165, 1.54) is 89.2 Å². The van der Waals surface area contributed by atoms with Gasteiger partial charge in [-0.05, 0) is 32.4 Å². The Balaban J connectivity index is 1.98. The van der Waals surface area contributed by atoms with E-state index in [9.17, 15) is 0 Å². The Kier molecular flexibility index (Phi) is 13.7. The van der Waals surface area contributed by atoms with E-state index in [-0.39, 0.29) is 0 Å². The number of unbranched alkanes of at least 4 members (excludes halogenated alkanes) is 11. The van der Waals surface area contributed by atoms with Gasteiger partial charge >= 0.3 is 0 Å². The fourth-order valence-corrected chi connectivity index (χ4v) is 3.49. The average molecular weight is 346 g/mol. The second kappa shape index (κ2) is 15.4. The first-order chi connectivity index (χ1) is 12.2. The van der Waals surface area contributed by atoms with Crippen molar-refractivity contribution in [3.63, 3.8) is 0 Å². The molecule has 0 heterocycles. The monoisotopic (exact) mass is 345 g/mol. The van der Waals surface area contributed by atoms with Crippen LogP contribution in [0.25, 0.3) is 0 Å². The summed E-state index contributed by atoms with van der Waals surface area (Å²) in [5.74, 6) is 0. The molecule has 144 valence electrons. The van der Waals surface area contributed by atoms with Gasteiger partial charge in [0.05, 0.1) is 0 Å². The van der Waals surface area contributed by atoms with Crippen LogP contribution in [0.15, 0.2) is 30.3 Å². The first-order valence-electron chi connectivity index (χ1n) is 11.0. The summed E-state index contributed by atoms with van der Waals surface area (Å²) >= 11 is 0. The molecule has 0 N–H and O–H groups in total. The fraction of sp³-hybridized carbons (Fsp3) is 0.750. The number of rotatable bonds is 16. The van der Waals surface area contributed by atoms with Crippen LogP contribution >= 0.6 is 0 Å². The lowest BCUT2D eigenvalue weighted by Crippen LogP contribution is -2.31. The Morgan fingerprint density at radius 3 is 1.64 bits per heavy atom. The first kappa shape index (κ1) is 22.2. The molecule has 1 heteroatoms. The molecule has 0 saturated carbocycles. The Hall–Kier alpha value is -0.820. The summed E-state index contributed by atoms with van der Waals surface area (Å²) in [4.78, 5) is 2.62. The van der Waals surface area contributed by atoms with Crippen molar-refractivity contribution in [2.45, 2.75) is 110 Å². The van der Waals surface area contributed by atoms with E-state index in [0.29, 0.717) is 6.04 Å². The van der Waals surface area contributed by atoms with E-state index in [1.54, 1.807) is 0 Å². The lowest BCUT2D eigenvalue weighted by molar-refractivity contribution is 0.208. The van der Waals surface area contributed by atoms with E-state index in [4.69, 9.17) is 0 Å². The van der Waals surface area contributed by atoms with Gasteiger partial charge in [0.15, 0.2) is 0 Å². The highest BCUT2D eigenvalue weighted by Gasteiger charge is 2.09. The molecule has 0 saturated heterocycles. The number of hydrogen-bond acceptors (Lipinski definition) is 1. The van der Waals surface area contributed by atoms with Gasteiger partial charge in [0.2, 0.25) is 0 Å². The summed E-state index contributed by atoms with van der Waals surface area (Å²) in [5, 5.41) is 0. The molecule has 1 nitrogen and oxygen atoms in total. The highest BCUT2D eigenvalue weighted by molar-refractivity contribution is 5.14. The smallest absolute Gasteiger partial charge is 0.0236 e. The molecule has 0 aliphatic rings. The molecule has 1 rings (SSSR count). The topological polar surface area (TPSA) is 3.24 Å². The normalized spacial score (nSPS) is 11.6. The summed E-state index contributed by atoms with van der Waals surface area (Å²) in [6.07, 6.45) is 17.1. The molecular formula is C24H43N. The third-order valence-corrected chi connectivity index (χ3v) is 5.26. The van der Waals surface area contributed by atoms with Crippen molar-refractivity contribution in [3.05, 3.63) is 35.9 Å². The van der Waals surface area contributed by atoms with Crippen molar-refractivity contribution in [1.82, 2.24) is 4.90 Å². The molecule has 0 unspecified atom stereocenters. The average Bonchev–Trinajstić information content (AvgIpc) is 2.62. The van der Waals surface area contributed by atoms with Crippen molar-refractivity contribution >= 4 is 0 Å². The van der Waals surface area contributed by atoms with Crippen LogP contribution < -0.4 is 0 Å². The Morgan fingerprint density at radius 2 is 1.16 bits per heavy atom. The van der Waals surface area contributed by atoms with Crippen molar-refractivity contribution in [3.8, 4) is 0 Å². The summed E-state index contributed by atoms with van der Waals surface area (Å²) in [6, 6.07) is 11.5. The van der Waals surface area contributed by atoms with Crippen LogP contribution in [0.1, 0.15) is 103 Å². The zero-order chi connectivity index (χ0) is 18.2. The van der Waals surface area contributed by atoms with Crippen LogP contribution in [0.5, 0.6) is 0 Å². The Bertz CT molecular complexity index is 384. The standard InChI is InChI=1S/C24H43N/c1-4-5-6-7-8-9-10-11-12-13-14-18-21-25(23(2)3)22-24-19-16-15-17-20-24/h15-17,19-20,23H,4-14,18,21-22H2,1-3H3. The van der Waals surface area contributed by atoms with Gasteiger partial charge in [-0.3, -0.25) is 4.90 Å². The molecule has 1 aromatic carbocycles. The molecule has 0 aliphatic carbocycles. The van der Waals surface area contributed by atoms with Gasteiger partial charge in [-0.25, -0.2) is 0 Å². The number of hydrogen-bond donors (Lipinski definition) is 0. The minimum Gasteiger partial charge on any atom is -0.297 e.